The topological polar surface area (TPSA) is 70.8 Å². The van der Waals surface area contributed by atoms with Crippen molar-refractivity contribution in [1.82, 2.24) is 0 Å². The number of ether oxygens (including phenoxy) is 3. The monoisotopic (exact) mass is 225 g/mol. The van der Waals surface area contributed by atoms with Crippen LogP contribution in [-0.4, -0.2) is 25.6 Å². The molecule has 5 heteroatoms. The fourth-order valence-corrected chi connectivity index (χ4v) is 1.89. The van der Waals surface area contributed by atoms with Gasteiger partial charge in [0.25, 0.3) is 0 Å². The maximum absolute atomic E-state index is 11.4. The van der Waals surface area contributed by atoms with Crippen molar-refractivity contribution in [2.24, 2.45) is 11.7 Å². The first-order valence-corrected chi connectivity index (χ1v) is 5.11. The van der Waals surface area contributed by atoms with Gasteiger partial charge in [0.2, 0.25) is 0 Å². The molecule has 0 radical (unpaired) electrons. The van der Waals surface area contributed by atoms with Crippen molar-refractivity contribution in [3.63, 3.8) is 0 Å². The zero-order valence-electron chi connectivity index (χ0n) is 9.36. The molecule has 1 aliphatic heterocycles. The minimum Gasteiger partial charge on any atom is -0.469 e. The van der Waals surface area contributed by atoms with Crippen LogP contribution in [0.15, 0.2) is 23.5 Å². The number of methoxy groups -OCH3 is 1. The SMILES string of the molecule is COC(=O)[C@@H](C)C1=CC=C2OCOC2(N)C1. The second-order valence-electron chi connectivity index (χ2n) is 3.99. The largest absolute Gasteiger partial charge is 0.469 e. The van der Waals surface area contributed by atoms with Gasteiger partial charge in [-0.2, -0.15) is 0 Å². The molecule has 0 aromatic rings. The molecular formula is C11H15NO4. The lowest BCUT2D eigenvalue weighted by Gasteiger charge is -2.28. The van der Waals surface area contributed by atoms with E-state index >= 15 is 0 Å². The van der Waals surface area contributed by atoms with E-state index in [1.165, 1.54) is 7.11 Å². The van der Waals surface area contributed by atoms with Crippen molar-refractivity contribution in [1.29, 1.82) is 0 Å². The van der Waals surface area contributed by atoms with Crippen LogP contribution in [0, 0.1) is 5.92 Å². The molecule has 0 aromatic carbocycles. The Morgan fingerprint density at radius 1 is 1.62 bits per heavy atom. The Hall–Kier alpha value is -1.33. The quantitative estimate of drug-likeness (QED) is 0.699. The molecule has 5 nitrogen and oxygen atoms in total. The average molecular weight is 225 g/mol. The molecule has 0 spiro atoms. The number of esters is 1. The lowest BCUT2D eigenvalue weighted by atomic mass is 9.88. The fourth-order valence-electron chi connectivity index (χ4n) is 1.89. The third-order valence-corrected chi connectivity index (χ3v) is 2.97. The zero-order chi connectivity index (χ0) is 11.8. The van der Waals surface area contributed by atoms with Crippen LogP contribution in [-0.2, 0) is 19.0 Å². The van der Waals surface area contributed by atoms with Crippen molar-refractivity contribution in [2.45, 2.75) is 19.1 Å². The number of hydrogen-bond donors (Lipinski definition) is 1. The van der Waals surface area contributed by atoms with E-state index in [4.69, 9.17) is 19.9 Å². The van der Waals surface area contributed by atoms with E-state index in [0.717, 1.165) is 5.57 Å². The summed E-state index contributed by atoms with van der Waals surface area (Å²) in [4.78, 5) is 11.4. The minimum atomic E-state index is -0.910. The first-order valence-electron chi connectivity index (χ1n) is 5.11. The van der Waals surface area contributed by atoms with Crippen LogP contribution < -0.4 is 5.73 Å². The van der Waals surface area contributed by atoms with Crippen molar-refractivity contribution in [3.05, 3.63) is 23.5 Å². The lowest BCUT2D eigenvalue weighted by Crippen LogP contribution is -2.43. The van der Waals surface area contributed by atoms with Gasteiger partial charge in [-0.25, -0.2) is 0 Å². The number of nitrogens with two attached hydrogens (primary N) is 1. The molecule has 0 bridgehead atoms. The maximum atomic E-state index is 11.4. The molecule has 0 saturated carbocycles. The zero-order valence-corrected chi connectivity index (χ0v) is 9.36. The number of hydrogen-bond acceptors (Lipinski definition) is 5. The molecule has 1 saturated heterocycles. The Labute approximate surface area is 93.8 Å². The predicted octanol–water partition coefficient (Wildman–Crippen LogP) is 0.669. The van der Waals surface area contributed by atoms with Crippen LogP contribution in [0.2, 0.25) is 0 Å². The summed E-state index contributed by atoms with van der Waals surface area (Å²) in [5, 5.41) is 0. The number of allylic oxidation sites excluding steroid dienone is 2. The molecule has 88 valence electrons. The van der Waals surface area contributed by atoms with Gasteiger partial charge < -0.3 is 14.2 Å². The van der Waals surface area contributed by atoms with Crippen LogP contribution in [0.5, 0.6) is 0 Å². The molecule has 2 atom stereocenters. The third kappa shape index (κ3) is 1.72. The number of fused-ring (bicyclic) bond motifs is 1. The van der Waals surface area contributed by atoms with Gasteiger partial charge in [0.1, 0.15) is 5.76 Å². The molecule has 0 amide bonds. The highest BCUT2D eigenvalue weighted by atomic mass is 16.7. The van der Waals surface area contributed by atoms with Crippen LogP contribution >= 0.6 is 0 Å². The average Bonchev–Trinajstić information content (AvgIpc) is 2.67. The van der Waals surface area contributed by atoms with Gasteiger partial charge >= 0.3 is 5.97 Å². The summed E-state index contributed by atoms with van der Waals surface area (Å²) < 4.78 is 15.3. The van der Waals surface area contributed by atoms with E-state index in [2.05, 4.69) is 0 Å². The van der Waals surface area contributed by atoms with Crippen molar-refractivity contribution >= 4 is 5.97 Å². The Balaban J connectivity index is 2.18. The Kier molecular flexibility index (Phi) is 2.73. The van der Waals surface area contributed by atoms with E-state index in [1.807, 2.05) is 6.08 Å². The van der Waals surface area contributed by atoms with E-state index in [-0.39, 0.29) is 18.7 Å². The molecule has 1 fully saturated rings. The molecule has 16 heavy (non-hydrogen) atoms. The molecule has 2 N–H and O–H groups in total. The highest BCUT2D eigenvalue weighted by Gasteiger charge is 2.42. The number of carbonyl (C=O) groups is 1. The smallest absolute Gasteiger partial charge is 0.312 e. The predicted molar refractivity (Wildman–Crippen MR) is 55.9 cm³/mol. The van der Waals surface area contributed by atoms with Crippen LogP contribution in [0.3, 0.4) is 0 Å². The summed E-state index contributed by atoms with van der Waals surface area (Å²) in [5.41, 5.74) is 6.01. The van der Waals surface area contributed by atoms with Crippen LogP contribution in [0.4, 0.5) is 0 Å². The van der Waals surface area contributed by atoms with Crippen molar-refractivity contribution < 1.29 is 19.0 Å². The molecular weight excluding hydrogens is 210 g/mol. The highest BCUT2D eigenvalue weighted by Crippen LogP contribution is 2.36. The van der Waals surface area contributed by atoms with E-state index < -0.39 is 5.72 Å². The summed E-state index contributed by atoms with van der Waals surface area (Å²) in [6.45, 7) is 1.95. The minimum absolute atomic E-state index is 0.163. The van der Waals surface area contributed by atoms with Gasteiger partial charge in [-0.3, -0.25) is 10.5 Å². The lowest BCUT2D eigenvalue weighted by molar-refractivity contribution is -0.143. The van der Waals surface area contributed by atoms with Crippen molar-refractivity contribution in [3.8, 4) is 0 Å². The summed E-state index contributed by atoms with van der Waals surface area (Å²) in [7, 11) is 1.37. The molecule has 2 rings (SSSR count). The van der Waals surface area contributed by atoms with Gasteiger partial charge in [-0.1, -0.05) is 11.6 Å². The van der Waals surface area contributed by atoms with Gasteiger partial charge in [0, 0.05) is 6.42 Å². The van der Waals surface area contributed by atoms with Gasteiger partial charge in [0.15, 0.2) is 12.5 Å². The first kappa shape index (κ1) is 11.2. The second kappa shape index (κ2) is 3.92. The number of rotatable bonds is 2. The molecule has 1 heterocycles. The second-order valence-corrected chi connectivity index (χ2v) is 3.99. The van der Waals surface area contributed by atoms with Gasteiger partial charge in [0.05, 0.1) is 13.0 Å². The van der Waals surface area contributed by atoms with Gasteiger partial charge in [-0.05, 0) is 13.0 Å². The van der Waals surface area contributed by atoms with E-state index in [1.54, 1.807) is 13.0 Å². The molecule has 0 aromatic heterocycles. The van der Waals surface area contributed by atoms with E-state index in [0.29, 0.717) is 12.2 Å². The summed E-state index contributed by atoms with van der Waals surface area (Å²) >= 11 is 0. The Bertz CT molecular complexity index is 374. The Morgan fingerprint density at radius 2 is 2.38 bits per heavy atom. The number of carbonyl (C=O) groups excluding carboxylic acids is 1. The summed E-state index contributed by atoms with van der Waals surface area (Å²) in [6.07, 6.45) is 4.05. The normalized spacial score (nSPS) is 29.7. The molecule has 1 aliphatic carbocycles. The fraction of sp³-hybridized carbons (Fsp3) is 0.545. The molecule has 1 unspecified atom stereocenters. The van der Waals surface area contributed by atoms with Crippen molar-refractivity contribution in [2.75, 3.05) is 13.9 Å². The third-order valence-electron chi connectivity index (χ3n) is 2.97. The van der Waals surface area contributed by atoms with Crippen LogP contribution in [0.1, 0.15) is 13.3 Å². The van der Waals surface area contributed by atoms with Crippen LogP contribution in [0.25, 0.3) is 0 Å². The Morgan fingerprint density at radius 3 is 3.06 bits per heavy atom. The maximum Gasteiger partial charge on any atom is 0.312 e. The standard InChI is InChI=1S/C11H15NO4/c1-7(10(13)14-2)8-3-4-9-11(12,5-8)16-6-15-9/h3-4,7H,5-6,12H2,1-2H3/t7-,11?/m0/s1. The van der Waals surface area contributed by atoms with E-state index in [9.17, 15) is 4.79 Å². The summed E-state index contributed by atoms with van der Waals surface area (Å²) in [5.74, 6) is 0.0337. The highest BCUT2D eigenvalue weighted by molar-refractivity contribution is 5.75. The first-order chi connectivity index (χ1) is 7.57. The summed E-state index contributed by atoms with van der Waals surface area (Å²) in [6, 6.07) is 0. The molecule has 2 aliphatic rings. The van der Waals surface area contributed by atoms with Gasteiger partial charge in [-0.15, -0.1) is 0 Å².